The van der Waals surface area contributed by atoms with Gasteiger partial charge in [-0.25, -0.2) is 0 Å². The second kappa shape index (κ2) is 8.23. The maximum atomic E-state index is 5.74. The molecule has 1 aliphatic rings. The fourth-order valence-electron chi connectivity index (χ4n) is 3.13. The fourth-order valence-corrected chi connectivity index (χ4v) is 3.13. The van der Waals surface area contributed by atoms with Gasteiger partial charge in [0.1, 0.15) is 0 Å². The number of nitrogens with one attached hydrogen (secondary N) is 1. The third-order valence-electron chi connectivity index (χ3n) is 3.98. The normalized spacial score (nSPS) is 23.2. The summed E-state index contributed by atoms with van der Waals surface area (Å²) in [5.74, 6) is 0. The molecule has 0 aromatic rings. The number of likely N-dealkylation sites (N-methyl/N-ethyl adjacent to an activating group) is 1. The highest BCUT2D eigenvalue weighted by Crippen LogP contribution is 2.24. The van der Waals surface area contributed by atoms with E-state index < -0.39 is 0 Å². The van der Waals surface area contributed by atoms with Crippen LogP contribution in [0, 0.1) is 5.41 Å². The monoisotopic (exact) mass is 270 g/mol. The number of nitrogens with zero attached hydrogens (tertiary/aromatic N) is 1. The third-order valence-corrected chi connectivity index (χ3v) is 3.98. The highest BCUT2D eigenvalue weighted by Gasteiger charge is 2.27. The van der Waals surface area contributed by atoms with Crippen LogP contribution in [0.5, 0.6) is 0 Å². The smallest absolute Gasteiger partial charge is 0.0702 e. The van der Waals surface area contributed by atoms with Crippen LogP contribution in [0.4, 0.5) is 0 Å². The van der Waals surface area contributed by atoms with Crippen molar-refractivity contribution < 1.29 is 4.74 Å². The van der Waals surface area contributed by atoms with Gasteiger partial charge in [0.15, 0.2) is 0 Å². The molecule has 1 rings (SSSR count). The molecule has 0 bridgehead atoms. The van der Waals surface area contributed by atoms with Gasteiger partial charge in [0.2, 0.25) is 0 Å². The molecule has 1 heterocycles. The van der Waals surface area contributed by atoms with Crippen molar-refractivity contribution in [3.05, 3.63) is 0 Å². The lowest BCUT2D eigenvalue weighted by Crippen LogP contribution is -2.44. The van der Waals surface area contributed by atoms with Gasteiger partial charge in [-0.15, -0.1) is 0 Å². The van der Waals surface area contributed by atoms with Crippen LogP contribution in [-0.2, 0) is 4.74 Å². The molecule has 0 aromatic carbocycles. The Morgan fingerprint density at radius 2 is 2.16 bits per heavy atom. The van der Waals surface area contributed by atoms with Crippen molar-refractivity contribution in [2.24, 2.45) is 5.41 Å². The van der Waals surface area contributed by atoms with Gasteiger partial charge < -0.3 is 15.0 Å². The zero-order valence-corrected chi connectivity index (χ0v) is 13.7. The Balaban J connectivity index is 2.40. The van der Waals surface area contributed by atoms with Crippen molar-refractivity contribution in [2.75, 3.05) is 33.3 Å². The first-order valence-electron chi connectivity index (χ1n) is 7.99. The summed E-state index contributed by atoms with van der Waals surface area (Å²) >= 11 is 0. The standard InChI is InChI=1S/C16H34N2O/c1-6-9-16(4,12-17-14(2)3)13-18(5)11-15-8-7-10-19-15/h14-15,17H,6-13H2,1-5H3. The van der Waals surface area contributed by atoms with E-state index in [1.165, 1.54) is 25.7 Å². The van der Waals surface area contributed by atoms with E-state index >= 15 is 0 Å². The van der Waals surface area contributed by atoms with Gasteiger partial charge in [0, 0.05) is 32.3 Å². The topological polar surface area (TPSA) is 24.5 Å². The van der Waals surface area contributed by atoms with E-state index in [-0.39, 0.29) is 0 Å². The lowest BCUT2D eigenvalue weighted by atomic mass is 9.84. The van der Waals surface area contributed by atoms with Crippen LogP contribution in [-0.4, -0.2) is 50.3 Å². The second-order valence-corrected chi connectivity index (χ2v) is 6.93. The van der Waals surface area contributed by atoms with Gasteiger partial charge in [-0.1, -0.05) is 34.1 Å². The van der Waals surface area contributed by atoms with E-state index in [0.717, 1.165) is 26.2 Å². The SMILES string of the molecule is CCCC(C)(CNC(C)C)CN(C)CC1CCCO1. The molecule has 0 aromatic heterocycles. The average molecular weight is 270 g/mol. The Morgan fingerprint density at radius 1 is 1.42 bits per heavy atom. The Kier molecular flexibility index (Phi) is 7.33. The largest absolute Gasteiger partial charge is 0.377 e. The minimum absolute atomic E-state index is 0.367. The van der Waals surface area contributed by atoms with E-state index in [1.54, 1.807) is 0 Å². The van der Waals surface area contributed by atoms with Crippen LogP contribution >= 0.6 is 0 Å². The van der Waals surface area contributed by atoms with Gasteiger partial charge in [0.05, 0.1) is 6.10 Å². The summed E-state index contributed by atoms with van der Waals surface area (Å²) in [4.78, 5) is 2.47. The quantitative estimate of drug-likeness (QED) is 0.697. The first kappa shape index (κ1) is 16.9. The molecule has 114 valence electrons. The average Bonchev–Trinajstić information content (AvgIpc) is 2.79. The summed E-state index contributed by atoms with van der Waals surface area (Å²) in [6, 6.07) is 0.569. The molecular weight excluding hydrogens is 236 g/mol. The molecule has 1 aliphatic heterocycles. The first-order valence-corrected chi connectivity index (χ1v) is 7.99. The zero-order chi connectivity index (χ0) is 14.3. The highest BCUT2D eigenvalue weighted by atomic mass is 16.5. The summed E-state index contributed by atoms with van der Waals surface area (Å²) in [5, 5.41) is 3.61. The molecule has 2 unspecified atom stereocenters. The maximum absolute atomic E-state index is 5.74. The van der Waals surface area contributed by atoms with Crippen LogP contribution in [0.25, 0.3) is 0 Å². The molecule has 0 aliphatic carbocycles. The molecule has 1 N–H and O–H groups in total. The van der Waals surface area contributed by atoms with Crippen LogP contribution in [0.15, 0.2) is 0 Å². The summed E-state index contributed by atoms with van der Waals surface area (Å²) in [6.07, 6.45) is 5.47. The molecule has 0 radical (unpaired) electrons. The van der Waals surface area contributed by atoms with Crippen LogP contribution in [0.3, 0.4) is 0 Å². The Hall–Kier alpha value is -0.120. The maximum Gasteiger partial charge on any atom is 0.0702 e. The first-order chi connectivity index (χ1) is 8.95. The summed E-state index contributed by atoms with van der Waals surface area (Å²) < 4.78 is 5.74. The van der Waals surface area contributed by atoms with Crippen LogP contribution in [0.2, 0.25) is 0 Å². The van der Waals surface area contributed by atoms with E-state index in [0.29, 0.717) is 17.6 Å². The third kappa shape index (κ3) is 6.73. The number of ether oxygens (including phenoxy) is 1. The van der Waals surface area contributed by atoms with Crippen molar-refractivity contribution in [1.29, 1.82) is 0 Å². The minimum atomic E-state index is 0.367. The van der Waals surface area contributed by atoms with E-state index in [1.807, 2.05) is 0 Å². The number of hydrogen-bond donors (Lipinski definition) is 1. The molecule has 0 spiro atoms. The van der Waals surface area contributed by atoms with Crippen molar-refractivity contribution in [3.8, 4) is 0 Å². The molecule has 1 saturated heterocycles. The number of rotatable bonds is 9. The Bertz CT molecular complexity index is 239. The molecule has 0 saturated carbocycles. The van der Waals surface area contributed by atoms with Crippen LogP contribution in [0.1, 0.15) is 53.4 Å². The zero-order valence-electron chi connectivity index (χ0n) is 13.7. The molecule has 3 heteroatoms. The molecular formula is C16H34N2O. The fraction of sp³-hybridized carbons (Fsp3) is 1.00. The van der Waals surface area contributed by atoms with E-state index in [2.05, 4.69) is 45.0 Å². The van der Waals surface area contributed by atoms with Gasteiger partial charge in [-0.05, 0) is 31.7 Å². The van der Waals surface area contributed by atoms with Crippen LogP contribution < -0.4 is 5.32 Å². The van der Waals surface area contributed by atoms with Crippen molar-refractivity contribution in [3.63, 3.8) is 0 Å². The van der Waals surface area contributed by atoms with E-state index in [4.69, 9.17) is 4.74 Å². The van der Waals surface area contributed by atoms with Crippen molar-refractivity contribution in [2.45, 2.75) is 65.5 Å². The van der Waals surface area contributed by atoms with E-state index in [9.17, 15) is 0 Å². The predicted octanol–water partition coefficient (Wildman–Crippen LogP) is 2.90. The molecule has 1 fully saturated rings. The Labute approximate surface area is 120 Å². The molecule has 3 nitrogen and oxygen atoms in total. The van der Waals surface area contributed by atoms with Gasteiger partial charge in [0.25, 0.3) is 0 Å². The summed E-state index contributed by atoms with van der Waals surface area (Å²) in [7, 11) is 2.24. The second-order valence-electron chi connectivity index (χ2n) is 6.93. The molecule has 2 atom stereocenters. The minimum Gasteiger partial charge on any atom is -0.377 e. The summed E-state index contributed by atoms with van der Waals surface area (Å²) in [6.45, 7) is 13.5. The number of hydrogen-bond acceptors (Lipinski definition) is 3. The highest BCUT2D eigenvalue weighted by molar-refractivity contribution is 4.82. The molecule has 19 heavy (non-hydrogen) atoms. The van der Waals surface area contributed by atoms with Gasteiger partial charge >= 0.3 is 0 Å². The van der Waals surface area contributed by atoms with Crippen molar-refractivity contribution >= 4 is 0 Å². The van der Waals surface area contributed by atoms with Gasteiger partial charge in [-0.2, -0.15) is 0 Å². The predicted molar refractivity (Wildman–Crippen MR) is 82.6 cm³/mol. The lowest BCUT2D eigenvalue weighted by Gasteiger charge is -2.35. The lowest BCUT2D eigenvalue weighted by molar-refractivity contribution is 0.0650. The van der Waals surface area contributed by atoms with Gasteiger partial charge in [-0.3, -0.25) is 0 Å². The molecule has 0 amide bonds. The Morgan fingerprint density at radius 3 is 2.68 bits per heavy atom. The summed E-state index contributed by atoms with van der Waals surface area (Å²) in [5.41, 5.74) is 0.367. The van der Waals surface area contributed by atoms with Crippen molar-refractivity contribution in [1.82, 2.24) is 10.2 Å².